The molecule has 0 spiro atoms. The van der Waals surface area contributed by atoms with Crippen molar-refractivity contribution in [2.75, 3.05) is 23.7 Å². The molecule has 0 radical (unpaired) electrons. The second kappa shape index (κ2) is 10.4. The number of amides is 2. The Morgan fingerprint density at radius 1 is 1.06 bits per heavy atom. The molecule has 7 nitrogen and oxygen atoms in total. The summed E-state index contributed by atoms with van der Waals surface area (Å²) in [5.74, 6) is -0.738. The molecule has 0 fully saturated rings. The van der Waals surface area contributed by atoms with E-state index in [1.165, 1.54) is 4.90 Å². The van der Waals surface area contributed by atoms with E-state index in [9.17, 15) is 18.0 Å². The first-order chi connectivity index (χ1) is 14.5. The maximum absolute atomic E-state index is 13.4. The zero-order chi connectivity index (χ0) is 23.2. The van der Waals surface area contributed by atoms with Crippen LogP contribution in [0.5, 0.6) is 0 Å². The molecule has 0 aliphatic carbocycles. The molecule has 2 aromatic carbocycles. The largest absolute Gasteiger partial charge is 0.355 e. The van der Waals surface area contributed by atoms with Gasteiger partial charge in [0.2, 0.25) is 21.8 Å². The summed E-state index contributed by atoms with van der Waals surface area (Å²) in [6, 6.07) is 14.0. The summed E-state index contributed by atoms with van der Waals surface area (Å²) >= 11 is 0. The van der Waals surface area contributed by atoms with Crippen LogP contribution >= 0.6 is 0 Å². The average molecular weight is 446 g/mol. The summed E-state index contributed by atoms with van der Waals surface area (Å²) in [5, 5.41) is 2.73. The first-order valence-corrected chi connectivity index (χ1v) is 12.1. The monoisotopic (exact) mass is 445 g/mol. The Morgan fingerprint density at radius 2 is 1.71 bits per heavy atom. The van der Waals surface area contributed by atoms with E-state index in [0.717, 1.165) is 27.3 Å². The van der Waals surface area contributed by atoms with E-state index in [2.05, 4.69) is 5.32 Å². The van der Waals surface area contributed by atoms with Crippen LogP contribution in [0.3, 0.4) is 0 Å². The highest BCUT2D eigenvalue weighted by atomic mass is 32.2. The van der Waals surface area contributed by atoms with Crippen LogP contribution in [-0.4, -0.2) is 50.5 Å². The average Bonchev–Trinajstić information content (AvgIpc) is 2.71. The minimum Gasteiger partial charge on any atom is -0.355 e. The Morgan fingerprint density at radius 3 is 2.29 bits per heavy atom. The second-order valence-corrected chi connectivity index (χ2v) is 9.54. The van der Waals surface area contributed by atoms with E-state index in [1.807, 2.05) is 49.4 Å². The molecule has 2 rings (SSSR count). The lowest BCUT2D eigenvalue weighted by molar-refractivity contribution is -0.139. The molecular formula is C23H31N3O4S. The third kappa shape index (κ3) is 6.55. The van der Waals surface area contributed by atoms with Crippen LogP contribution in [0.4, 0.5) is 5.69 Å². The van der Waals surface area contributed by atoms with Crippen molar-refractivity contribution in [3.63, 3.8) is 0 Å². The van der Waals surface area contributed by atoms with Crippen molar-refractivity contribution < 1.29 is 18.0 Å². The Hall–Kier alpha value is -2.87. The summed E-state index contributed by atoms with van der Waals surface area (Å²) in [6.07, 6.45) is 1.08. The van der Waals surface area contributed by atoms with Gasteiger partial charge in [0, 0.05) is 13.1 Å². The van der Waals surface area contributed by atoms with Crippen LogP contribution in [0.1, 0.15) is 30.5 Å². The predicted molar refractivity (Wildman–Crippen MR) is 123 cm³/mol. The van der Waals surface area contributed by atoms with Crippen molar-refractivity contribution in [2.24, 2.45) is 0 Å². The number of anilines is 1. The van der Waals surface area contributed by atoms with Crippen molar-refractivity contribution >= 4 is 27.5 Å². The number of likely N-dealkylation sites (N-methyl/N-ethyl adjacent to an activating group) is 1. The topological polar surface area (TPSA) is 86.8 Å². The van der Waals surface area contributed by atoms with Crippen LogP contribution in [0, 0.1) is 13.8 Å². The van der Waals surface area contributed by atoms with Crippen molar-refractivity contribution in [1.29, 1.82) is 0 Å². The number of sulfonamides is 1. The van der Waals surface area contributed by atoms with E-state index in [4.69, 9.17) is 0 Å². The third-order valence-electron chi connectivity index (χ3n) is 5.03. The Kier molecular flexibility index (Phi) is 8.21. The van der Waals surface area contributed by atoms with E-state index in [1.54, 1.807) is 26.8 Å². The molecule has 0 aliphatic rings. The van der Waals surface area contributed by atoms with Gasteiger partial charge in [-0.05, 0) is 50.5 Å². The fourth-order valence-corrected chi connectivity index (χ4v) is 4.17. The van der Waals surface area contributed by atoms with Crippen molar-refractivity contribution in [3.05, 3.63) is 65.2 Å². The van der Waals surface area contributed by atoms with E-state index >= 15 is 0 Å². The molecule has 0 aromatic heterocycles. The number of rotatable bonds is 9. The fourth-order valence-electron chi connectivity index (χ4n) is 3.27. The molecule has 8 heteroatoms. The number of benzene rings is 2. The first kappa shape index (κ1) is 24.4. The van der Waals surface area contributed by atoms with Crippen LogP contribution in [0.25, 0.3) is 0 Å². The van der Waals surface area contributed by atoms with Crippen LogP contribution in [-0.2, 0) is 26.2 Å². The molecule has 31 heavy (non-hydrogen) atoms. The summed E-state index contributed by atoms with van der Waals surface area (Å²) < 4.78 is 26.3. The lowest BCUT2D eigenvalue weighted by atomic mass is 10.1. The zero-order valence-electron chi connectivity index (χ0n) is 18.8. The quantitative estimate of drug-likeness (QED) is 0.643. The molecule has 1 atom stereocenters. The molecule has 1 N–H and O–H groups in total. The van der Waals surface area contributed by atoms with Gasteiger partial charge in [0.1, 0.15) is 12.6 Å². The molecule has 0 saturated carbocycles. The van der Waals surface area contributed by atoms with Gasteiger partial charge in [-0.2, -0.15) is 0 Å². The van der Waals surface area contributed by atoms with Gasteiger partial charge in [-0.3, -0.25) is 13.9 Å². The molecule has 168 valence electrons. The van der Waals surface area contributed by atoms with Gasteiger partial charge in [0.05, 0.1) is 11.9 Å². The molecule has 0 bridgehead atoms. The van der Waals surface area contributed by atoms with Gasteiger partial charge in [0.25, 0.3) is 0 Å². The summed E-state index contributed by atoms with van der Waals surface area (Å²) in [7, 11) is -3.73. The number of hydrogen-bond acceptors (Lipinski definition) is 4. The number of carbonyl (C=O) groups excluding carboxylic acids is 2. The van der Waals surface area contributed by atoms with E-state index < -0.39 is 22.0 Å². The number of nitrogens with zero attached hydrogens (tertiary/aromatic N) is 2. The zero-order valence-corrected chi connectivity index (χ0v) is 19.6. The third-order valence-corrected chi connectivity index (χ3v) is 6.15. The molecule has 0 saturated heterocycles. The maximum Gasteiger partial charge on any atom is 0.244 e. The number of nitrogens with one attached hydrogen (secondary N) is 1. The number of carbonyl (C=O) groups is 2. The Bertz CT molecular complexity index is 1020. The van der Waals surface area contributed by atoms with Gasteiger partial charge >= 0.3 is 0 Å². The van der Waals surface area contributed by atoms with Crippen molar-refractivity contribution in [3.8, 4) is 0 Å². The summed E-state index contributed by atoms with van der Waals surface area (Å²) in [5.41, 5.74) is 2.94. The van der Waals surface area contributed by atoms with Crippen LogP contribution in [0.2, 0.25) is 0 Å². The van der Waals surface area contributed by atoms with Gasteiger partial charge in [-0.25, -0.2) is 8.42 Å². The maximum atomic E-state index is 13.4. The standard InChI is InChI=1S/C23H31N3O4S/c1-6-24-23(28)19(4)25(15-20-10-8-7-9-11-20)22(27)16-26(31(5,29)30)21-14-17(2)12-13-18(21)3/h7-14,19H,6,15-16H2,1-5H3,(H,24,28). The highest BCUT2D eigenvalue weighted by molar-refractivity contribution is 7.92. The molecular weight excluding hydrogens is 414 g/mol. The first-order valence-electron chi connectivity index (χ1n) is 10.2. The number of aryl methyl sites for hydroxylation is 2. The van der Waals surface area contributed by atoms with Gasteiger partial charge < -0.3 is 10.2 Å². The predicted octanol–water partition coefficient (Wildman–Crippen LogP) is 2.62. The minimum atomic E-state index is -3.73. The second-order valence-electron chi connectivity index (χ2n) is 7.64. The Balaban J connectivity index is 2.41. The lowest BCUT2D eigenvalue weighted by Crippen LogP contribution is -2.51. The molecule has 0 aliphatic heterocycles. The summed E-state index contributed by atoms with van der Waals surface area (Å²) in [4.78, 5) is 27.3. The van der Waals surface area contributed by atoms with Crippen molar-refractivity contribution in [2.45, 2.75) is 40.3 Å². The summed E-state index contributed by atoms with van der Waals surface area (Å²) in [6.45, 7) is 7.37. The molecule has 2 aromatic rings. The smallest absolute Gasteiger partial charge is 0.244 e. The minimum absolute atomic E-state index is 0.197. The fraction of sp³-hybridized carbons (Fsp3) is 0.391. The van der Waals surface area contributed by atoms with Crippen molar-refractivity contribution in [1.82, 2.24) is 10.2 Å². The van der Waals surface area contributed by atoms with E-state index in [0.29, 0.717) is 12.2 Å². The molecule has 2 amide bonds. The SMILES string of the molecule is CCNC(=O)C(C)N(Cc1ccccc1)C(=O)CN(c1cc(C)ccc1C)S(C)(=O)=O. The normalized spacial score (nSPS) is 12.2. The van der Waals surface area contributed by atoms with Crippen LogP contribution < -0.4 is 9.62 Å². The van der Waals surface area contributed by atoms with Gasteiger partial charge in [-0.15, -0.1) is 0 Å². The lowest BCUT2D eigenvalue weighted by Gasteiger charge is -2.32. The number of hydrogen-bond donors (Lipinski definition) is 1. The highest BCUT2D eigenvalue weighted by Crippen LogP contribution is 2.24. The van der Waals surface area contributed by atoms with E-state index in [-0.39, 0.29) is 19.0 Å². The van der Waals surface area contributed by atoms with Gasteiger partial charge in [-0.1, -0.05) is 42.5 Å². The molecule has 1 unspecified atom stereocenters. The highest BCUT2D eigenvalue weighted by Gasteiger charge is 2.30. The van der Waals surface area contributed by atoms with Gasteiger partial charge in [0.15, 0.2) is 0 Å². The Labute approximate surface area is 185 Å². The molecule has 0 heterocycles. The van der Waals surface area contributed by atoms with Crippen LogP contribution in [0.15, 0.2) is 48.5 Å².